The summed E-state index contributed by atoms with van der Waals surface area (Å²) in [5, 5.41) is 4.00. The highest BCUT2D eigenvalue weighted by Crippen LogP contribution is 2.34. The molecule has 4 heteroatoms. The SMILES string of the molecule is c1ccc(P(c2ccccc2)c2cccc(-c3ccc(-c4cccc(-c5ccccn5)n4)nc3)c2)cc1. The van der Waals surface area contributed by atoms with Gasteiger partial charge >= 0.3 is 0 Å². The average Bonchev–Trinajstić information content (AvgIpc) is 2.99. The number of hydrogen-bond donors (Lipinski definition) is 0. The van der Waals surface area contributed by atoms with Crippen molar-refractivity contribution in [3.63, 3.8) is 0 Å². The van der Waals surface area contributed by atoms with Gasteiger partial charge in [-0.25, -0.2) is 4.98 Å². The van der Waals surface area contributed by atoms with Crippen molar-refractivity contribution in [1.29, 1.82) is 0 Å². The minimum atomic E-state index is -0.657. The van der Waals surface area contributed by atoms with Gasteiger partial charge in [0.05, 0.1) is 22.8 Å². The van der Waals surface area contributed by atoms with E-state index < -0.39 is 7.92 Å². The van der Waals surface area contributed by atoms with E-state index in [1.54, 1.807) is 6.20 Å². The molecular weight excluding hydrogens is 469 g/mol. The van der Waals surface area contributed by atoms with E-state index in [1.165, 1.54) is 15.9 Å². The number of pyridine rings is 3. The standard InChI is InChI=1S/C33H24N3P/c1-3-12-27(13-4-1)37(28-14-5-2-6-15-28)29-16-9-11-25(23-29)26-20-21-31(35-24-26)33-19-10-18-32(36-33)30-17-7-8-22-34-30/h1-24H. The molecule has 3 heterocycles. The zero-order chi connectivity index (χ0) is 24.9. The first-order valence-corrected chi connectivity index (χ1v) is 13.5. The van der Waals surface area contributed by atoms with Crippen LogP contribution in [0, 0.1) is 0 Å². The molecule has 176 valence electrons. The van der Waals surface area contributed by atoms with Crippen LogP contribution in [0.4, 0.5) is 0 Å². The Balaban J connectivity index is 1.32. The van der Waals surface area contributed by atoms with Crippen molar-refractivity contribution in [3.05, 3.63) is 146 Å². The number of benzene rings is 3. The fourth-order valence-corrected chi connectivity index (χ4v) is 6.71. The van der Waals surface area contributed by atoms with Crippen LogP contribution in [0.2, 0.25) is 0 Å². The lowest BCUT2D eigenvalue weighted by molar-refractivity contribution is 1.22. The maximum absolute atomic E-state index is 4.80. The molecule has 0 bridgehead atoms. The van der Waals surface area contributed by atoms with Crippen molar-refractivity contribution < 1.29 is 0 Å². The fraction of sp³-hybridized carbons (Fsp3) is 0. The molecule has 6 aromatic rings. The van der Waals surface area contributed by atoms with E-state index in [2.05, 4.69) is 96.0 Å². The van der Waals surface area contributed by atoms with Crippen LogP contribution in [-0.4, -0.2) is 15.0 Å². The van der Waals surface area contributed by atoms with Crippen LogP contribution in [0.1, 0.15) is 0 Å². The molecule has 0 atom stereocenters. The second-order valence-electron chi connectivity index (χ2n) is 8.61. The number of hydrogen-bond acceptors (Lipinski definition) is 3. The Kier molecular flexibility index (Phi) is 6.62. The van der Waals surface area contributed by atoms with Crippen molar-refractivity contribution in [3.8, 4) is 33.9 Å². The zero-order valence-corrected chi connectivity index (χ0v) is 21.0. The molecule has 0 aliphatic carbocycles. The van der Waals surface area contributed by atoms with Gasteiger partial charge in [-0.15, -0.1) is 0 Å². The van der Waals surface area contributed by atoms with Crippen molar-refractivity contribution in [2.45, 2.75) is 0 Å². The van der Waals surface area contributed by atoms with Crippen LogP contribution >= 0.6 is 7.92 Å². The van der Waals surface area contributed by atoms with Gasteiger partial charge < -0.3 is 0 Å². The Bertz CT molecular complexity index is 1560. The normalized spacial score (nSPS) is 10.9. The third-order valence-electron chi connectivity index (χ3n) is 6.17. The maximum Gasteiger partial charge on any atom is 0.0894 e. The molecule has 0 spiro atoms. The molecule has 0 unspecified atom stereocenters. The van der Waals surface area contributed by atoms with E-state index in [1.807, 2.05) is 48.7 Å². The molecule has 0 aliphatic rings. The zero-order valence-electron chi connectivity index (χ0n) is 20.1. The van der Waals surface area contributed by atoms with Crippen LogP contribution in [0.5, 0.6) is 0 Å². The third-order valence-corrected chi connectivity index (χ3v) is 8.59. The summed E-state index contributed by atoms with van der Waals surface area (Å²) in [5.74, 6) is 0. The van der Waals surface area contributed by atoms with E-state index in [-0.39, 0.29) is 0 Å². The Morgan fingerprint density at radius 3 is 1.62 bits per heavy atom. The second kappa shape index (κ2) is 10.7. The number of aromatic nitrogens is 3. The molecule has 6 rings (SSSR count). The highest BCUT2D eigenvalue weighted by molar-refractivity contribution is 7.79. The lowest BCUT2D eigenvalue weighted by Crippen LogP contribution is -2.20. The molecule has 0 fully saturated rings. The minimum absolute atomic E-state index is 0.657. The Labute approximate surface area is 218 Å². The van der Waals surface area contributed by atoms with Gasteiger partial charge in [-0.3, -0.25) is 9.97 Å². The Morgan fingerprint density at radius 1 is 0.405 bits per heavy atom. The van der Waals surface area contributed by atoms with Crippen molar-refractivity contribution in [1.82, 2.24) is 15.0 Å². The first-order chi connectivity index (χ1) is 18.3. The van der Waals surface area contributed by atoms with Crippen molar-refractivity contribution in [2.75, 3.05) is 0 Å². The van der Waals surface area contributed by atoms with Gasteiger partial charge in [-0.1, -0.05) is 97.1 Å². The van der Waals surface area contributed by atoms with E-state index in [0.29, 0.717) is 0 Å². The molecule has 0 radical (unpaired) electrons. The molecule has 0 amide bonds. The first-order valence-electron chi connectivity index (χ1n) is 12.2. The second-order valence-corrected chi connectivity index (χ2v) is 10.8. The summed E-state index contributed by atoms with van der Waals surface area (Å²) in [6, 6.07) is 46.4. The van der Waals surface area contributed by atoms with Crippen LogP contribution in [0.3, 0.4) is 0 Å². The number of nitrogens with zero attached hydrogens (tertiary/aromatic N) is 3. The fourth-order valence-electron chi connectivity index (χ4n) is 4.38. The summed E-state index contributed by atoms with van der Waals surface area (Å²) < 4.78 is 0. The summed E-state index contributed by atoms with van der Waals surface area (Å²) in [7, 11) is -0.657. The molecular formula is C33H24N3P. The molecule has 0 saturated heterocycles. The Hall–Kier alpha value is -4.46. The first kappa shape index (κ1) is 23.0. The van der Waals surface area contributed by atoms with E-state index in [9.17, 15) is 0 Å². The lowest BCUT2D eigenvalue weighted by Gasteiger charge is -2.20. The van der Waals surface area contributed by atoms with E-state index >= 15 is 0 Å². The van der Waals surface area contributed by atoms with Gasteiger partial charge in [0.25, 0.3) is 0 Å². The van der Waals surface area contributed by atoms with Gasteiger partial charge in [0.1, 0.15) is 0 Å². The van der Waals surface area contributed by atoms with E-state index in [0.717, 1.165) is 33.9 Å². The monoisotopic (exact) mass is 493 g/mol. The smallest absolute Gasteiger partial charge is 0.0894 e. The van der Waals surface area contributed by atoms with E-state index in [4.69, 9.17) is 9.97 Å². The molecule has 0 saturated carbocycles. The summed E-state index contributed by atoms with van der Waals surface area (Å²) in [4.78, 5) is 14.0. The largest absolute Gasteiger partial charge is 0.255 e. The highest BCUT2D eigenvalue weighted by atomic mass is 31.1. The maximum atomic E-state index is 4.80. The molecule has 3 aromatic heterocycles. The van der Waals surface area contributed by atoms with Crippen LogP contribution in [0.25, 0.3) is 33.9 Å². The van der Waals surface area contributed by atoms with Gasteiger partial charge in [0.15, 0.2) is 0 Å². The summed E-state index contributed by atoms with van der Waals surface area (Å²) in [6.07, 6.45) is 3.73. The quantitative estimate of drug-likeness (QED) is 0.245. The predicted octanol–water partition coefficient (Wildman–Crippen LogP) is 6.63. The lowest BCUT2D eigenvalue weighted by atomic mass is 10.1. The number of rotatable bonds is 6. The van der Waals surface area contributed by atoms with Gasteiger partial charge in [0, 0.05) is 18.0 Å². The van der Waals surface area contributed by atoms with Crippen LogP contribution in [0.15, 0.2) is 146 Å². The molecule has 3 aromatic carbocycles. The molecule has 0 aliphatic heterocycles. The van der Waals surface area contributed by atoms with Gasteiger partial charge in [0.2, 0.25) is 0 Å². The molecule has 0 N–H and O–H groups in total. The van der Waals surface area contributed by atoms with Crippen molar-refractivity contribution >= 4 is 23.8 Å². The summed E-state index contributed by atoms with van der Waals surface area (Å²) in [5.41, 5.74) is 5.61. The van der Waals surface area contributed by atoms with Gasteiger partial charge in [-0.05, 0) is 65.8 Å². The van der Waals surface area contributed by atoms with Crippen LogP contribution < -0.4 is 15.9 Å². The molecule has 37 heavy (non-hydrogen) atoms. The molecule has 3 nitrogen and oxygen atoms in total. The topological polar surface area (TPSA) is 38.7 Å². The van der Waals surface area contributed by atoms with Gasteiger partial charge in [-0.2, -0.15) is 0 Å². The van der Waals surface area contributed by atoms with Crippen LogP contribution in [-0.2, 0) is 0 Å². The predicted molar refractivity (Wildman–Crippen MR) is 155 cm³/mol. The highest BCUT2D eigenvalue weighted by Gasteiger charge is 2.17. The summed E-state index contributed by atoms with van der Waals surface area (Å²) >= 11 is 0. The average molecular weight is 494 g/mol. The Morgan fingerprint density at radius 2 is 1.00 bits per heavy atom. The third kappa shape index (κ3) is 5.09. The van der Waals surface area contributed by atoms with Crippen molar-refractivity contribution in [2.24, 2.45) is 0 Å². The summed E-state index contributed by atoms with van der Waals surface area (Å²) in [6.45, 7) is 0. The minimum Gasteiger partial charge on any atom is -0.255 e.